The summed E-state index contributed by atoms with van der Waals surface area (Å²) in [6.07, 6.45) is 6.04. The normalized spacial score (nSPS) is 45.1. The summed E-state index contributed by atoms with van der Waals surface area (Å²) in [6.45, 7) is 3.77. The summed E-state index contributed by atoms with van der Waals surface area (Å²) in [5.74, 6) is 1.81. The minimum Gasteiger partial charge on any atom is -0.393 e. The van der Waals surface area contributed by atoms with Crippen molar-refractivity contribution in [1.29, 1.82) is 0 Å². The molecule has 0 aromatic carbocycles. The fourth-order valence-corrected chi connectivity index (χ4v) is 3.57. The Labute approximate surface area is 85.6 Å². The Balaban J connectivity index is 2.14. The number of rotatable bonds is 2. The fourth-order valence-electron chi connectivity index (χ4n) is 3.57. The maximum Gasteiger partial charge on any atom is 0.0546 e. The van der Waals surface area contributed by atoms with E-state index < -0.39 is 0 Å². The highest BCUT2D eigenvalue weighted by Gasteiger charge is 2.53. The lowest BCUT2D eigenvalue weighted by molar-refractivity contribution is -0.128. The van der Waals surface area contributed by atoms with Crippen molar-refractivity contribution in [3.8, 4) is 0 Å². The molecule has 2 nitrogen and oxygen atoms in total. The summed E-state index contributed by atoms with van der Waals surface area (Å²) in [5, 5.41) is 19.4. The van der Waals surface area contributed by atoms with Gasteiger partial charge in [-0.05, 0) is 50.4 Å². The first-order valence-electron chi connectivity index (χ1n) is 5.64. The molecule has 0 aromatic heterocycles. The van der Waals surface area contributed by atoms with Gasteiger partial charge in [-0.25, -0.2) is 0 Å². The van der Waals surface area contributed by atoms with Crippen LogP contribution in [0.4, 0.5) is 0 Å². The van der Waals surface area contributed by atoms with Crippen LogP contribution in [0.15, 0.2) is 12.2 Å². The van der Waals surface area contributed by atoms with Crippen LogP contribution in [0.3, 0.4) is 0 Å². The number of hydrogen-bond acceptors (Lipinski definition) is 2. The molecule has 1 fully saturated rings. The molecule has 0 heterocycles. The number of allylic oxidation sites excluding steroid dienone is 2. The lowest BCUT2D eigenvalue weighted by Gasteiger charge is -2.54. The molecule has 0 saturated heterocycles. The van der Waals surface area contributed by atoms with E-state index in [0.717, 1.165) is 12.8 Å². The van der Waals surface area contributed by atoms with Gasteiger partial charge in [0.1, 0.15) is 0 Å². The van der Waals surface area contributed by atoms with Crippen molar-refractivity contribution in [2.75, 3.05) is 0 Å². The predicted octanol–water partition coefficient (Wildman–Crippen LogP) is 1.58. The average molecular weight is 196 g/mol. The summed E-state index contributed by atoms with van der Waals surface area (Å²) in [7, 11) is 0. The zero-order valence-corrected chi connectivity index (χ0v) is 8.93. The van der Waals surface area contributed by atoms with E-state index in [1.54, 1.807) is 0 Å². The van der Waals surface area contributed by atoms with Gasteiger partial charge in [-0.15, -0.1) is 0 Å². The Bertz CT molecular complexity index is 200. The topological polar surface area (TPSA) is 40.5 Å². The van der Waals surface area contributed by atoms with Gasteiger partial charge in [0.05, 0.1) is 12.2 Å². The van der Waals surface area contributed by atoms with E-state index in [1.165, 1.54) is 0 Å². The van der Waals surface area contributed by atoms with Crippen molar-refractivity contribution in [2.24, 2.45) is 23.7 Å². The maximum absolute atomic E-state index is 9.69. The molecule has 0 unspecified atom stereocenters. The molecule has 14 heavy (non-hydrogen) atoms. The SMILES string of the molecule is C[C@@H](O)C1C2CC=CCC1C2[C@@H](C)O. The van der Waals surface area contributed by atoms with Gasteiger partial charge >= 0.3 is 0 Å². The summed E-state index contributed by atoms with van der Waals surface area (Å²) >= 11 is 0. The zero-order valence-electron chi connectivity index (χ0n) is 8.93. The molecule has 0 aromatic rings. The Kier molecular flexibility index (Phi) is 2.67. The van der Waals surface area contributed by atoms with E-state index in [9.17, 15) is 10.2 Å². The van der Waals surface area contributed by atoms with Gasteiger partial charge in [-0.3, -0.25) is 0 Å². The molecule has 2 bridgehead atoms. The van der Waals surface area contributed by atoms with E-state index in [2.05, 4.69) is 12.2 Å². The lowest BCUT2D eigenvalue weighted by atomic mass is 9.52. The quantitative estimate of drug-likeness (QED) is 0.658. The highest BCUT2D eigenvalue weighted by Crippen LogP contribution is 2.54. The number of aliphatic hydroxyl groups excluding tert-OH is 2. The van der Waals surface area contributed by atoms with Crippen LogP contribution in [0.1, 0.15) is 26.7 Å². The minimum absolute atomic E-state index is 0.222. The van der Waals surface area contributed by atoms with Gasteiger partial charge in [0.15, 0.2) is 0 Å². The molecule has 2 atom stereocenters. The van der Waals surface area contributed by atoms with Crippen LogP contribution in [0.2, 0.25) is 0 Å². The molecule has 2 N–H and O–H groups in total. The summed E-state index contributed by atoms with van der Waals surface area (Å²) in [5.41, 5.74) is 0. The molecule has 80 valence electrons. The van der Waals surface area contributed by atoms with Crippen molar-refractivity contribution in [2.45, 2.75) is 38.9 Å². The second-order valence-electron chi connectivity index (χ2n) is 4.91. The van der Waals surface area contributed by atoms with Crippen molar-refractivity contribution in [3.05, 3.63) is 12.2 Å². The highest BCUT2D eigenvalue weighted by atomic mass is 16.3. The van der Waals surface area contributed by atoms with Gasteiger partial charge in [-0.2, -0.15) is 0 Å². The molecular weight excluding hydrogens is 176 g/mol. The van der Waals surface area contributed by atoms with Crippen molar-refractivity contribution >= 4 is 0 Å². The van der Waals surface area contributed by atoms with Gasteiger partial charge < -0.3 is 10.2 Å². The van der Waals surface area contributed by atoms with Crippen molar-refractivity contribution in [3.63, 3.8) is 0 Å². The minimum atomic E-state index is -0.222. The molecule has 3 aliphatic carbocycles. The Morgan fingerprint density at radius 2 is 1.29 bits per heavy atom. The van der Waals surface area contributed by atoms with Gasteiger partial charge in [0.25, 0.3) is 0 Å². The van der Waals surface area contributed by atoms with Gasteiger partial charge in [-0.1, -0.05) is 12.2 Å². The molecule has 0 amide bonds. The summed E-state index contributed by atoms with van der Waals surface area (Å²) < 4.78 is 0. The van der Waals surface area contributed by atoms with E-state index in [1.807, 2.05) is 13.8 Å². The third kappa shape index (κ3) is 1.41. The monoisotopic (exact) mass is 196 g/mol. The number of fused-ring (bicyclic) bond motifs is 2. The van der Waals surface area contributed by atoms with E-state index in [-0.39, 0.29) is 12.2 Å². The maximum atomic E-state index is 9.69. The van der Waals surface area contributed by atoms with Crippen LogP contribution < -0.4 is 0 Å². The number of aliphatic hydroxyl groups is 2. The molecule has 0 radical (unpaired) electrons. The zero-order chi connectivity index (χ0) is 10.3. The molecule has 0 spiro atoms. The molecule has 3 rings (SSSR count). The van der Waals surface area contributed by atoms with E-state index in [0.29, 0.717) is 23.7 Å². The van der Waals surface area contributed by atoms with Crippen LogP contribution in [-0.2, 0) is 0 Å². The number of hydrogen-bond donors (Lipinski definition) is 2. The summed E-state index contributed by atoms with van der Waals surface area (Å²) in [6, 6.07) is 0. The molecule has 3 aliphatic rings. The standard InChI is InChI=1S/C12H20O2/c1-7(13)11-9-5-3-4-6-10(11)12(9)8(2)14/h3-4,7-14H,5-6H2,1-2H3/t7-,8-,9?,10?,11?,12?/m1/s1. The smallest absolute Gasteiger partial charge is 0.0546 e. The highest BCUT2D eigenvalue weighted by molar-refractivity contribution is 5.09. The van der Waals surface area contributed by atoms with E-state index >= 15 is 0 Å². The second-order valence-corrected chi connectivity index (χ2v) is 4.91. The third-order valence-corrected chi connectivity index (χ3v) is 4.07. The van der Waals surface area contributed by atoms with Crippen LogP contribution in [0.5, 0.6) is 0 Å². The lowest BCUT2D eigenvalue weighted by Crippen LogP contribution is -2.54. The first-order valence-corrected chi connectivity index (χ1v) is 5.64. The second kappa shape index (κ2) is 3.67. The Morgan fingerprint density at radius 1 is 0.929 bits per heavy atom. The molecule has 0 aliphatic heterocycles. The first kappa shape index (κ1) is 10.2. The largest absolute Gasteiger partial charge is 0.393 e. The molecular formula is C12H20O2. The van der Waals surface area contributed by atoms with Crippen LogP contribution in [0, 0.1) is 23.7 Å². The Morgan fingerprint density at radius 3 is 1.57 bits per heavy atom. The summed E-state index contributed by atoms with van der Waals surface area (Å²) in [4.78, 5) is 0. The average Bonchev–Trinajstić information content (AvgIpc) is 2.33. The molecule has 1 saturated carbocycles. The van der Waals surface area contributed by atoms with Crippen molar-refractivity contribution < 1.29 is 10.2 Å². The van der Waals surface area contributed by atoms with Crippen LogP contribution in [-0.4, -0.2) is 22.4 Å². The Hall–Kier alpha value is -0.340. The first-order chi connectivity index (χ1) is 6.63. The fraction of sp³-hybridized carbons (Fsp3) is 0.833. The predicted molar refractivity (Wildman–Crippen MR) is 55.7 cm³/mol. The van der Waals surface area contributed by atoms with E-state index in [4.69, 9.17) is 0 Å². The third-order valence-electron chi connectivity index (χ3n) is 4.07. The van der Waals surface area contributed by atoms with Crippen molar-refractivity contribution in [1.82, 2.24) is 0 Å². The van der Waals surface area contributed by atoms with Gasteiger partial charge in [0, 0.05) is 0 Å². The van der Waals surface area contributed by atoms with Gasteiger partial charge in [0.2, 0.25) is 0 Å². The van der Waals surface area contributed by atoms with Crippen LogP contribution >= 0.6 is 0 Å². The molecule has 2 heteroatoms. The van der Waals surface area contributed by atoms with Crippen LogP contribution in [0.25, 0.3) is 0 Å².